The SMILES string of the molecule is CCOc1ncccc1CNC(=O)c1cccc(NC(=O)CC2SC(N3CCCCC3)=NC2=O)c1. The van der Waals surface area contributed by atoms with Crippen LogP contribution in [0.15, 0.2) is 47.6 Å². The highest BCUT2D eigenvalue weighted by Gasteiger charge is 2.33. The second-order valence-corrected chi connectivity index (χ2v) is 9.47. The molecule has 10 heteroatoms. The van der Waals surface area contributed by atoms with Crippen molar-refractivity contribution in [3.8, 4) is 5.88 Å². The van der Waals surface area contributed by atoms with Gasteiger partial charge in [0.25, 0.3) is 11.8 Å². The summed E-state index contributed by atoms with van der Waals surface area (Å²) < 4.78 is 5.49. The van der Waals surface area contributed by atoms with Gasteiger partial charge in [0, 0.05) is 49.1 Å². The molecule has 0 saturated carbocycles. The Labute approximate surface area is 208 Å². The van der Waals surface area contributed by atoms with E-state index in [0.717, 1.165) is 36.7 Å². The lowest BCUT2D eigenvalue weighted by atomic mass is 10.1. The summed E-state index contributed by atoms with van der Waals surface area (Å²) in [7, 11) is 0. The first-order chi connectivity index (χ1) is 17.0. The van der Waals surface area contributed by atoms with Gasteiger partial charge in [-0.1, -0.05) is 23.9 Å². The topological polar surface area (TPSA) is 113 Å². The molecule has 0 bridgehead atoms. The number of aliphatic imine (C=N–C) groups is 1. The standard InChI is InChI=1S/C25H29N5O4S/c1-2-34-24-18(9-7-11-26-24)16-27-22(32)17-8-6-10-19(14-17)28-21(31)15-20-23(33)29-25(35-20)30-12-4-3-5-13-30/h6-11,14,20H,2-5,12-13,15-16H2,1H3,(H,27,32)(H,28,31). The predicted molar refractivity (Wildman–Crippen MR) is 136 cm³/mol. The van der Waals surface area contributed by atoms with E-state index in [4.69, 9.17) is 4.74 Å². The van der Waals surface area contributed by atoms with E-state index in [1.54, 1.807) is 36.5 Å². The number of piperidine rings is 1. The van der Waals surface area contributed by atoms with Crippen LogP contribution in [0.4, 0.5) is 5.69 Å². The number of anilines is 1. The lowest BCUT2D eigenvalue weighted by Gasteiger charge is -2.27. The molecule has 1 aromatic carbocycles. The van der Waals surface area contributed by atoms with Gasteiger partial charge >= 0.3 is 0 Å². The molecular weight excluding hydrogens is 466 g/mol. The molecule has 1 atom stereocenters. The van der Waals surface area contributed by atoms with Gasteiger partial charge in [-0.2, -0.15) is 4.99 Å². The summed E-state index contributed by atoms with van der Waals surface area (Å²) in [5, 5.41) is 5.87. The number of carbonyl (C=O) groups is 3. The monoisotopic (exact) mass is 495 g/mol. The van der Waals surface area contributed by atoms with E-state index in [1.807, 2.05) is 13.0 Å². The Morgan fingerprint density at radius 3 is 2.80 bits per heavy atom. The number of amides is 3. The van der Waals surface area contributed by atoms with Crippen molar-refractivity contribution in [1.29, 1.82) is 0 Å². The zero-order valence-corrected chi connectivity index (χ0v) is 20.5. The molecule has 2 aliphatic heterocycles. The van der Waals surface area contributed by atoms with E-state index >= 15 is 0 Å². The van der Waals surface area contributed by atoms with E-state index in [9.17, 15) is 14.4 Å². The number of thioether (sulfide) groups is 1. The molecule has 9 nitrogen and oxygen atoms in total. The molecule has 35 heavy (non-hydrogen) atoms. The van der Waals surface area contributed by atoms with Crippen molar-refractivity contribution < 1.29 is 19.1 Å². The maximum absolute atomic E-state index is 12.7. The minimum absolute atomic E-state index is 0.0297. The van der Waals surface area contributed by atoms with Crippen molar-refractivity contribution >= 4 is 40.3 Å². The van der Waals surface area contributed by atoms with Crippen molar-refractivity contribution in [3.05, 3.63) is 53.7 Å². The lowest BCUT2D eigenvalue weighted by Crippen LogP contribution is -2.33. The van der Waals surface area contributed by atoms with Gasteiger partial charge in [-0.3, -0.25) is 14.4 Å². The van der Waals surface area contributed by atoms with E-state index in [2.05, 4.69) is 25.5 Å². The van der Waals surface area contributed by atoms with Crippen LogP contribution in [0.2, 0.25) is 0 Å². The number of ether oxygens (including phenoxy) is 1. The van der Waals surface area contributed by atoms with Crippen molar-refractivity contribution in [1.82, 2.24) is 15.2 Å². The summed E-state index contributed by atoms with van der Waals surface area (Å²) in [5.74, 6) is -0.350. The number of amidine groups is 1. The third-order valence-electron chi connectivity index (χ3n) is 5.71. The number of pyridine rings is 1. The predicted octanol–water partition coefficient (Wildman–Crippen LogP) is 3.22. The number of rotatable bonds is 8. The molecule has 184 valence electrons. The molecule has 1 fully saturated rings. The van der Waals surface area contributed by atoms with Gasteiger partial charge in [0.05, 0.1) is 6.61 Å². The van der Waals surface area contributed by atoms with Crippen molar-refractivity contribution in [3.63, 3.8) is 0 Å². The van der Waals surface area contributed by atoms with Crippen LogP contribution < -0.4 is 15.4 Å². The van der Waals surface area contributed by atoms with Crippen molar-refractivity contribution in [2.75, 3.05) is 25.0 Å². The molecule has 2 N–H and O–H groups in total. The molecule has 2 aliphatic rings. The first-order valence-corrected chi connectivity index (χ1v) is 12.7. The number of aromatic nitrogens is 1. The highest BCUT2D eigenvalue weighted by atomic mass is 32.2. The first kappa shape index (κ1) is 24.7. The van der Waals surface area contributed by atoms with Crippen LogP contribution in [0.1, 0.15) is 48.5 Å². The molecule has 4 rings (SSSR count). The third kappa shape index (κ3) is 6.60. The summed E-state index contributed by atoms with van der Waals surface area (Å²) >= 11 is 1.37. The average Bonchev–Trinajstić information content (AvgIpc) is 3.24. The number of benzene rings is 1. The molecule has 1 aromatic heterocycles. The maximum Gasteiger partial charge on any atom is 0.262 e. The summed E-state index contributed by atoms with van der Waals surface area (Å²) in [6, 6.07) is 10.3. The summed E-state index contributed by atoms with van der Waals surface area (Å²) in [4.78, 5) is 48.1. The van der Waals surface area contributed by atoms with E-state index in [1.165, 1.54) is 18.2 Å². The number of hydrogen-bond donors (Lipinski definition) is 2. The van der Waals surface area contributed by atoms with Gasteiger partial charge < -0.3 is 20.3 Å². The van der Waals surface area contributed by atoms with Crippen LogP contribution in [-0.2, 0) is 16.1 Å². The Morgan fingerprint density at radius 2 is 2.00 bits per heavy atom. The van der Waals surface area contributed by atoms with E-state index < -0.39 is 5.25 Å². The van der Waals surface area contributed by atoms with E-state index in [0.29, 0.717) is 23.7 Å². The van der Waals surface area contributed by atoms with Crippen LogP contribution in [-0.4, -0.2) is 57.7 Å². The minimum atomic E-state index is -0.516. The first-order valence-electron chi connectivity index (χ1n) is 11.8. The largest absolute Gasteiger partial charge is 0.478 e. The van der Waals surface area contributed by atoms with Gasteiger partial charge in [0.1, 0.15) is 5.25 Å². The fourth-order valence-corrected chi connectivity index (χ4v) is 5.07. The minimum Gasteiger partial charge on any atom is -0.478 e. The van der Waals surface area contributed by atoms with Crippen molar-refractivity contribution in [2.24, 2.45) is 4.99 Å². The van der Waals surface area contributed by atoms with Crippen LogP contribution in [0.5, 0.6) is 5.88 Å². The molecule has 0 spiro atoms. The molecule has 2 aromatic rings. The molecule has 3 heterocycles. The Kier molecular flexibility index (Phi) is 8.36. The Bertz CT molecular complexity index is 1120. The quantitative estimate of drug-likeness (QED) is 0.578. The molecular formula is C25H29N5O4S. The second kappa shape index (κ2) is 11.8. The van der Waals surface area contributed by atoms with Crippen LogP contribution >= 0.6 is 11.8 Å². The van der Waals surface area contributed by atoms with Crippen LogP contribution in [0.25, 0.3) is 0 Å². The van der Waals surface area contributed by atoms with Crippen LogP contribution in [0, 0.1) is 0 Å². The lowest BCUT2D eigenvalue weighted by molar-refractivity contribution is -0.121. The number of likely N-dealkylation sites (tertiary alicyclic amines) is 1. The van der Waals surface area contributed by atoms with Gasteiger partial charge in [-0.05, 0) is 50.5 Å². The summed E-state index contributed by atoms with van der Waals surface area (Å²) in [6.45, 7) is 4.43. The molecule has 1 unspecified atom stereocenters. The van der Waals surface area contributed by atoms with Gasteiger partial charge in [-0.25, -0.2) is 4.98 Å². The third-order valence-corrected chi connectivity index (χ3v) is 6.92. The maximum atomic E-state index is 12.7. The smallest absolute Gasteiger partial charge is 0.262 e. The molecule has 1 saturated heterocycles. The summed E-state index contributed by atoms with van der Waals surface area (Å²) in [6.07, 6.45) is 5.06. The molecule has 0 aliphatic carbocycles. The Morgan fingerprint density at radius 1 is 1.17 bits per heavy atom. The number of nitrogens with zero attached hydrogens (tertiary/aromatic N) is 3. The zero-order valence-electron chi connectivity index (χ0n) is 19.7. The molecule has 0 radical (unpaired) electrons. The highest BCUT2D eigenvalue weighted by Crippen LogP contribution is 2.29. The fourth-order valence-electron chi connectivity index (χ4n) is 3.95. The van der Waals surface area contributed by atoms with Gasteiger partial charge in [0.15, 0.2) is 5.17 Å². The Hall–Kier alpha value is -3.40. The Balaban J connectivity index is 1.30. The van der Waals surface area contributed by atoms with Crippen molar-refractivity contribution in [2.45, 2.75) is 44.4 Å². The fraction of sp³-hybridized carbons (Fsp3) is 0.400. The molecule has 3 amide bonds. The second-order valence-electron chi connectivity index (χ2n) is 8.30. The number of hydrogen-bond acceptors (Lipinski definition) is 7. The van der Waals surface area contributed by atoms with Gasteiger partial charge in [-0.15, -0.1) is 0 Å². The number of nitrogens with one attached hydrogen (secondary N) is 2. The normalized spacial score (nSPS) is 17.6. The van der Waals surface area contributed by atoms with Gasteiger partial charge in [0.2, 0.25) is 11.8 Å². The zero-order chi connectivity index (χ0) is 24.6. The number of carbonyl (C=O) groups excluding carboxylic acids is 3. The summed E-state index contributed by atoms with van der Waals surface area (Å²) in [5.41, 5.74) is 1.68. The van der Waals surface area contributed by atoms with Crippen LogP contribution in [0.3, 0.4) is 0 Å². The van der Waals surface area contributed by atoms with E-state index in [-0.39, 0.29) is 30.7 Å². The average molecular weight is 496 g/mol. The highest BCUT2D eigenvalue weighted by molar-refractivity contribution is 8.15.